The average Bonchev–Trinajstić information content (AvgIpc) is 2.48. The molecule has 2 aromatic carbocycles. The Balaban J connectivity index is 1.81. The van der Waals surface area contributed by atoms with E-state index in [2.05, 4.69) is 12.1 Å². The molecular weight excluding hydrogens is 273 g/mol. The summed E-state index contributed by atoms with van der Waals surface area (Å²) in [6.07, 6.45) is 2.59. The highest BCUT2D eigenvalue weighted by Gasteiger charge is 2.15. The Labute approximate surface area is 122 Å². The predicted octanol–water partition coefficient (Wildman–Crippen LogP) is 4.14. The fraction of sp³-hybridized carbons (Fsp3) is 0.250. The monoisotopic (exact) mass is 289 g/mol. The van der Waals surface area contributed by atoms with Crippen LogP contribution in [0.4, 0.5) is 10.1 Å². The summed E-state index contributed by atoms with van der Waals surface area (Å²) in [5, 5.41) is 10.8. The van der Waals surface area contributed by atoms with E-state index in [0.717, 1.165) is 37.5 Å². The van der Waals surface area contributed by atoms with E-state index in [-0.39, 0.29) is 11.4 Å². The topological polar surface area (TPSA) is 52.4 Å². The molecular formula is C16H16FNO3. The molecule has 0 amide bonds. The van der Waals surface area contributed by atoms with E-state index in [4.69, 9.17) is 4.74 Å². The molecule has 0 unspecified atom stereocenters. The molecule has 0 N–H and O–H groups in total. The first-order valence-corrected chi connectivity index (χ1v) is 6.77. The van der Waals surface area contributed by atoms with E-state index in [0.29, 0.717) is 6.61 Å². The highest BCUT2D eigenvalue weighted by Crippen LogP contribution is 2.27. The van der Waals surface area contributed by atoms with Crippen LogP contribution in [-0.4, -0.2) is 11.5 Å². The number of hydrogen-bond donors (Lipinski definition) is 0. The van der Waals surface area contributed by atoms with Gasteiger partial charge < -0.3 is 4.74 Å². The van der Waals surface area contributed by atoms with Gasteiger partial charge in [-0.15, -0.1) is 0 Å². The first-order chi connectivity index (χ1) is 10.2. The third-order valence-electron chi connectivity index (χ3n) is 3.08. The van der Waals surface area contributed by atoms with Crippen molar-refractivity contribution in [2.45, 2.75) is 19.3 Å². The first kappa shape index (κ1) is 15.0. The molecule has 0 heterocycles. The molecule has 4 nitrogen and oxygen atoms in total. The molecule has 0 aliphatic carbocycles. The Morgan fingerprint density at radius 2 is 1.86 bits per heavy atom. The second-order valence-electron chi connectivity index (χ2n) is 4.66. The molecule has 2 aromatic rings. The third-order valence-corrected chi connectivity index (χ3v) is 3.08. The van der Waals surface area contributed by atoms with Crippen LogP contribution in [0.5, 0.6) is 5.75 Å². The van der Waals surface area contributed by atoms with Crippen molar-refractivity contribution in [1.29, 1.82) is 0 Å². The maximum Gasteiger partial charge on any atom is 0.311 e. The standard InChI is InChI=1S/C16H16FNO3/c17-14-9-10-15(18(19)20)16(12-14)21-11-5-4-8-13-6-2-1-3-7-13/h1-3,6-7,9-10,12H,4-5,8,11H2. The number of rotatable bonds is 7. The van der Waals surface area contributed by atoms with Crippen LogP contribution in [0.2, 0.25) is 0 Å². The van der Waals surface area contributed by atoms with Crippen LogP contribution in [0.25, 0.3) is 0 Å². The molecule has 0 saturated carbocycles. The molecule has 0 aliphatic rings. The molecule has 110 valence electrons. The van der Waals surface area contributed by atoms with Crippen LogP contribution in [0.15, 0.2) is 48.5 Å². The number of unbranched alkanes of at least 4 members (excludes halogenated alkanes) is 1. The van der Waals surface area contributed by atoms with Gasteiger partial charge in [0.1, 0.15) is 5.82 Å². The summed E-state index contributed by atoms with van der Waals surface area (Å²) < 4.78 is 18.4. The Bertz CT molecular complexity index is 602. The molecule has 0 saturated heterocycles. The number of nitro benzene ring substituents is 1. The maximum atomic E-state index is 13.1. The molecule has 0 atom stereocenters. The molecule has 0 spiro atoms. The van der Waals surface area contributed by atoms with E-state index in [9.17, 15) is 14.5 Å². The van der Waals surface area contributed by atoms with Gasteiger partial charge in [0.25, 0.3) is 0 Å². The second-order valence-corrected chi connectivity index (χ2v) is 4.66. The Hall–Kier alpha value is -2.43. The Morgan fingerprint density at radius 3 is 2.57 bits per heavy atom. The zero-order valence-electron chi connectivity index (χ0n) is 11.5. The number of benzene rings is 2. The second kappa shape index (κ2) is 7.38. The molecule has 0 aromatic heterocycles. The van der Waals surface area contributed by atoms with Gasteiger partial charge in [-0.1, -0.05) is 30.3 Å². The third kappa shape index (κ3) is 4.56. The molecule has 0 aliphatic heterocycles. The number of halogens is 1. The van der Waals surface area contributed by atoms with E-state index in [1.54, 1.807) is 0 Å². The zero-order valence-corrected chi connectivity index (χ0v) is 11.5. The van der Waals surface area contributed by atoms with Crippen molar-refractivity contribution in [3.05, 3.63) is 70.0 Å². The van der Waals surface area contributed by atoms with Crippen molar-refractivity contribution < 1.29 is 14.1 Å². The summed E-state index contributed by atoms with van der Waals surface area (Å²) in [6, 6.07) is 13.3. The molecule has 0 radical (unpaired) electrons. The van der Waals surface area contributed by atoms with Gasteiger partial charge in [0.05, 0.1) is 11.5 Å². The molecule has 0 fully saturated rings. The summed E-state index contributed by atoms with van der Waals surface area (Å²) >= 11 is 0. The SMILES string of the molecule is O=[N+]([O-])c1ccc(F)cc1OCCCCc1ccccc1. The Morgan fingerprint density at radius 1 is 1.10 bits per heavy atom. The van der Waals surface area contributed by atoms with Gasteiger partial charge in [-0.2, -0.15) is 0 Å². The smallest absolute Gasteiger partial charge is 0.311 e. The minimum absolute atomic E-state index is 0.0142. The van der Waals surface area contributed by atoms with Gasteiger partial charge in [0.2, 0.25) is 0 Å². The zero-order chi connectivity index (χ0) is 15.1. The van der Waals surface area contributed by atoms with Crippen LogP contribution < -0.4 is 4.74 Å². The van der Waals surface area contributed by atoms with E-state index < -0.39 is 10.7 Å². The van der Waals surface area contributed by atoms with E-state index in [1.807, 2.05) is 18.2 Å². The molecule has 5 heteroatoms. The number of ether oxygens (including phenoxy) is 1. The lowest BCUT2D eigenvalue weighted by Gasteiger charge is -2.07. The summed E-state index contributed by atoms with van der Waals surface area (Å²) in [5.74, 6) is -0.556. The van der Waals surface area contributed by atoms with Gasteiger partial charge in [0, 0.05) is 12.1 Å². The molecule has 2 rings (SSSR count). The number of hydrogen-bond acceptors (Lipinski definition) is 3. The minimum atomic E-state index is -0.571. The van der Waals surface area contributed by atoms with E-state index >= 15 is 0 Å². The van der Waals surface area contributed by atoms with Crippen LogP contribution in [0.1, 0.15) is 18.4 Å². The van der Waals surface area contributed by atoms with Crippen LogP contribution in [0, 0.1) is 15.9 Å². The minimum Gasteiger partial charge on any atom is -0.487 e. The van der Waals surface area contributed by atoms with Crippen molar-refractivity contribution in [2.75, 3.05) is 6.61 Å². The van der Waals surface area contributed by atoms with Gasteiger partial charge in [-0.25, -0.2) is 4.39 Å². The summed E-state index contributed by atoms with van der Waals surface area (Å²) in [5.41, 5.74) is 1.04. The lowest BCUT2D eigenvalue weighted by molar-refractivity contribution is -0.385. The van der Waals surface area contributed by atoms with Crippen LogP contribution in [-0.2, 0) is 6.42 Å². The highest BCUT2D eigenvalue weighted by atomic mass is 19.1. The van der Waals surface area contributed by atoms with Crippen molar-refractivity contribution in [1.82, 2.24) is 0 Å². The van der Waals surface area contributed by atoms with Crippen molar-refractivity contribution in [3.63, 3.8) is 0 Å². The number of nitrogens with zero attached hydrogens (tertiary/aromatic N) is 1. The molecule has 21 heavy (non-hydrogen) atoms. The van der Waals surface area contributed by atoms with Gasteiger partial charge >= 0.3 is 5.69 Å². The summed E-state index contributed by atoms with van der Waals surface area (Å²) in [4.78, 5) is 10.2. The van der Waals surface area contributed by atoms with Gasteiger partial charge in [-0.3, -0.25) is 10.1 Å². The van der Waals surface area contributed by atoms with Crippen molar-refractivity contribution >= 4 is 5.69 Å². The normalized spacial score (nSPS) is 10.3. The first-order valence-electron chi connectivity index (χ1n) is 6.77. The predicted molar refractivity (Wildman–Crippen MR) is 77.9 cm³/mol. The summed E-state index contributed by atoms with van der Waals surface area (Å²) in [7, 11) is 0. The Kier molecular flexibility index (Phi) is 5.26. The van der Waals surface area contributed by atoms with Crippen molar-refractivity contribution in [3.8, 4) is 5.75 Å². The number of aryl methyl sites for hydroxylation is 1. The van der Waals surface area contributed by atoms with Crippen molar-refractivity contribution in [2.24, 2.45) is 0 Å². The number of nitro groups is 1. The average molecular weight is 289 g/mol. The molecule has 0 bridgehead atoms. The quantitative estimate of drug-likeness (QED) is 0.437. The van der Waals surface area contributed by atoms with Gasteiger partial charge in [0.15, 0.2) is 5.75 Å². The fourth-order valence-electron chi connectivity index (χ4n) is 2.01. The van der Waals surface area contributed by atoms with Gasteiger partial charge in [-0.05, 0) is 30.9 Å². The maximum absolute atomic E-state index is 13.1. The van der Waals surface area contributed by atoms with Crippen LogP contribution in [0.3, 0.4) is 0 Å². The largest absolute Gasteiger partial charge is 0.487 e. The lowest BCUT2D eigenvalue weighted by Crippen LogP contribution is -2.01. The van der Waals surface area contributed by atoms with E-state index in [1.165, 1.54) is 5.56 Å². The summed E-state index contributed by atoms with van der Waals surface area (Å²) in [6.45, 7) is 0.330. The fourth-order valence-corrected chi connectivity index (χ4v) is 2.01. The van der Waals surface area contributed by atoms with Crippen LogP contribution >= 0.6 is 0 Å². The lowest BCUT2D eigenvalue weighted by atomic mass is 10.1. The highest BCUT2D eigenvalue weighted by molar-refractivity contribution is 5.46.